The van der Waals surface area contributed by atoms with Crippen LogP contribution in [0.1, 0.15) is 0 Å². The number of hydrogen-bond acceptors (Lipinski definition) is 7. The van der Waals surface area contributed by atoms with Gasteiger partial charge in [-0.1, -0.05) is 36.4 Å². The van der Waals surface area contributed by atoms with Crippen LogP contribution in [0, 0.1) is 0 Å². The molecule has 0 atom stereocenters. The number of fused-ring (bicyclic) bond motifs is 6. The molecular weight excluding hydrogens is 490 g/mol. The van der Waals surface area contributed by atoms with E-state index in [2.05, 4.69) is 19.9 Å². The Kier molecular flexibility index (Phi) is 6.42. The molecule has 4 aromatic heterocycles. The van der Waals surface area contributed by atoms with Crippen LogP contribution in [0.3, 0.4) is 0 Å². The monoisotopic (exact) mass is 510 g/mol. The van der Waals surface area contributed by atoms with Crippen LogP contribution in [0.15, 0.2) is 85.2 Å². The van der Waals surface area contributed by atoms with Gasteiger partial charge in [0.15, 0.2) is 0 Å². The Morgan fingerprint density at radius 1 is 0.571 bits per heavy atom. The Balaban J connectivity index is 0.00000253. The summed E-state index contributed by atoms with van der Waals surface area (Å²) in [7, 11) is 0. The second kappa shape index (κ2) is 9.80. The smallest absolute Gasteiger partial charge is 0.213 e. The first kappa shape index (κ1) is 22.9. The van der Waals surface area contributed by atoms with Crippen molar-refractivity contribution in [1.82, 2.24) is 19.9 Å². The van der Waals surface area contributed by atoms with Crippen LogP contribution in [0.5, 0.6) is 11.8 Å². The Labute approximate surface area is 211 Å². The van der Waals surface area contributed by atoms with Gasteiger partial charge in [-0.05, 0) is 24.3 Å². The zero-order valence-electron chi connectivity index (χ0n) is 18.6. The van der Waals surface area contributed by atoms with Crippen molar-refractivity contribution in [2.24, 2.45) is 5.73 Å². The molecule has 177 valence electrons. The van der Waals surface area contributed by atoms with E-state index in [1.807, 2.05) is 72.8 Å². The fourth-order valence-electron chi connectivity index (χ4n) is 4.01. The topological polar surface area (TPSA) is 96.0 Å². The summed E-state index contributed by atoms with van der Waals surface area (Å²) in [6, 6.07) is 23.3. The van der Waals surface area contributed by atoms with Gasteiger partial charge in [-0.25, -0.2) is 9.97 Å². The van der Waals surface area contributed by atoms with E-state index in [-0.39, 0.29) is 36.3 Å². The maximum Gasteiger partial charge on any atom is 0.213 e. The number of rotatable bonds is 6. The minimum atomic E-state index is -0.355. The minimum absolute atomic E-state index is 0. The van der Waals surface area contributed by atoms with E-state index in [0.717, 1.165) is 43.6 Å². The second-order valence-electron chi connectivity index (χ2n) is 8.11. The van der Waals surface area contributed by atoms with Crippen LogP contribution in [0.25, 0.3) is 43.6 Å². The van der Waals surface area contributed by atoms with E-state index < -0.39 is 0 Å². The molecular formula is C27H21CuN5O2. The van der Waals surface area contributed by atoms with Gasteiger partial charge in [0.05, 0.1) is 17.1 Å². The molecule has 0 bridgehead atoms. The van der Waals surface area contributed by atoms with Gasteiger partial charge in [-0.15, -0.1) is 0 Å². The standard InChI is InChI=1S/C27H21N5O2.Cu/c28-21(15-33-22-11-9-19-7-5-17-3-1-13-29-24(17)26(19)31-22)16-34-23-12-10-20-8-6-18-4-2-14-30-25(18)27(20)32-23;/h1-14,21H,15-16,28H2;. The van der Waals surface area contributed by atoms with Gasteiger partial charge in [0, 0.05) is 63.1 Å². The van der Waals surface area contributed by atoms with Crippen molar-refractivity contribution in [2.75, 3.05) is 13.2 Å². The summed E-state index contributed by atoms with van der Waals surface area (Å²) >= 11 is 0. The Hall–Kier alpha value is -3.84. The zero-order chi connectivity index (χ0) is 22.9. The van der Waals surface area contributed by atoms with Gasteiger partial charge in [-0.2, -0.15) is 0 Å². The van der Waals surface area contributed by atoms with E-state index in [1.165, 1.54) is 0 Å². The number of hydrogen-bond donors (Lipinski definition) is 1. The van der Waals surface area contributed by atoms with E-state index in [0.29, 0.717) is 11.8 Å². The predicted molar refractivity (Wildman–Crippen MR) is 133 cm³/mol. The molecule has 0 fully saturated rings. The van der Waals surface area contributed by atoms with E-state index >= 15 is 0 Å². The second-order valence-corrected chi connectivity index (χ2v) is 8.11. The molecule has 0 amide bonds. The van der Waals surface area contributed by atoms with Crippen molar-refractivity contribution < 1.29 is 26.5 Å². The fourth-order valence-corrected chi connectivity index (χ4v) is 4.01. The molecule has 0 unspecified atom stereocenters. The number of nitrogens with two attached hydrogens (primary N) is 1. The summed E-state index contributed by atoms with van der Waals surface area (Å²) in [6.07, 6.45) is 3.54. The van der Waals surface area contributed by atoms with Crippen LogP contribution >= 0.6 is 0 Å². The first-order chi connectivity index (χ1) is 16.7. The SMILES string of the molecule is NC(COc1ccc2ccc3cccnc3c2n1)COc1ccc2ccc3cccnc3c2n1.[Cu]. The average molecular weight is 511 g/mol. The normalized spacial score (nSPS) is 11.3. The molecule has 1 radical (unpaired) electrons. The predicted octanol–water partition coefficient (Wildman–Crippen LogP) is 4.66. The van der Waals surface area contributed by atoms with Crippen LogP contribution in [0.2, 0.25) is 0 Å². The molecule has 2 aromatic carbocycles. The molecule has 0 aliphatic heterocycles. The summed E-state index contributed by atoms with van der Waals surface area (Å²) in [5.41, 5.74) is 9.56. The molecule has 0 aliphatic carbocycles. The molecule has 0 spiro atoms. The molecule has 2 N–H and O–H groups in total. The molecule has 6 aromatic rings. The number of nitrogens with zero attached hydrogens (tertiary/aromatic N) is 4. The summed E-state index contributed by atoms with van der Waals surface area (Å²) in [5, 5.41) is 4.09. The van der Waals surface area contributed by atoms with Gasteiger partial charge in [0.1, 0.15) is 24.2 Å². The van der Waals surface area contributed by atoms with E-state index in [9.17, 15) is 0 Å². The maximum atomic E-state index is 6.25. The third kappa shape index (κ3) is 4.59. The van der Waals surface area contributed by atoms with Gasteiger partial charge < -0.3 is 15.2 Å². The molecule has 35 heavy (non-hydrogen) atoms. The quantitative estimate of drug-likeness (QED) is 0.257. The van der Waals surface area contributed by atoms with Crippen molar-refractivity contribution in [2.45, 2.75) is 6.04 Å². The zero-order valence-corrected chi connectivity index (χ0v) is 19.5. The molecule has 0 aliphatic rings. The Morgan fingerprint density at radius 3 is 1.43 bits per heavy atom. The van der Waals surface area contributed by atoms with Gasteiger partial charge in [0.2, 0.25) is 11.8 Å². The Morgan fingerprint density at radius 2 is 0.971 bits per heavy atom. The number of aromatic nitrogens is 4. The summed E-state index contributed by atoms with van der Waals surface area (Å²) in [4.78, 5) is 18.3. The third-order valence-corrected chi connectivity index (χ3v) is 5.70. The summed E-state index contributed by atoms with van der Waals surface area (Å²) in [6.45, 7) is 0.517. The third-order valence-electron chi connectivity index (χ3n) is 5.70. The van der Waals surface area contributed by atoms with Crippen molar-refractivity contribution in [3.8, 4) is 11.8 Å². The molecule has 6 rings (SSSR count). The van der Waals surface area contributed by atoms with Gasteiger partial charge in [-0.3, -0.25) is 9.97 Å². The van der Waals surface area contributed by atoms with Crippen LogP contribution in [0.4, 0.5) is 0 Å². The molecule has 0 saturated heterocycles. The number of pyridine rings is 4. The molecule has 4 heterocycles. The molecule has 0 saturated carbocycles. The van der Waals surface area contributed by atoms with Crippen molar-refractivity contribution in [3.05, 3.63) is 85.2 Å². The minimum Gasteiger partial charge on any atom is -0.476 e. The van der Waals surface area contributed by atoms with Crippen LogP contribution in [-0.4, -0.2) is 39.2 Å². The van der Waals surface area contributed by atoms with Crippen molar-refractivity contribution >= 4 is 43.6 Å². The summed E-state index contributed by atoms with van der Waals surface area (Å²) < 4.78 is 11.7. The van der Waals surface area contributed by atoms with Crippen LogP contribution in [-0.2, 0) is 17.1 Å². The van der Waals surface area contributed by atoms with Crippen LogP contribution < -0.4 is 15.2 Å². The fraction of sp³-hybridized carbons (Fsp3) is 0.111. The van der Waals surface area contributed by atoms with Gasteiger partial charge in [0.25, 0.3) is 0 Å². The van der Waals surface area contributed by atoms with E-state index in [4.69, 9.17) is 15.2 Å². The van der Waals surface area contributed by atoms with Gasteiger partial charge >= 0.3 is 0 Å². The summed E-state index contributed by atoms with van der Waals surface area (Å²) in [5.74, 6) is 1.00. The van der Waals surface area contributed by atoms with E-state index in [1.54, 1.807) is 12.4 Å². The molecule has 8 heteroatoms. The van der Waals surface area contributed by atoms with Crippen molar-refractivity contribution in [1.29, 1.82) is 0 Å². The van der Waals surface area contributed by atoms with Crippen molar-refractivity contribution in [3.63, 3.8) is 0 Å². The Bertz CT molecular complexity index is 1540. The first-order valence-corrected chi connectivity index (χ1v) is 11.0. The number of ether oxygens (including phenoxy) is 2. The largest absolute Gasteiger partial charge is 0.476 e. The molecule has 7 nitrogen and oxygen atoms in total. The maximum absolute atomic E-state index is 6.25. The average Bonchev–Trinajstić information content (AvgIpc) is 2.90. The number of benzene rings is 2. The first-order valence-electron chi connectivity index (χ1n) is 11.0.